The summed E-state index contributed by atoms with van der Waals surface area (Å²) in [6.45, 7) is 6.21. The molecule has 0 radical (unpaired) electrons. The van der Waals surface area contributed by atoms with E-state index in [1.54, 1.807) is 0 Å². The summed E-state index contributed by atoms with van der Waals surface area (Å²) < 4.78 is 12.3. The molecule has 26 heavy (non-hydrogen) atoms. The van der Waals surface area contributed by atoms with E-state index in [0.29, 0.717) is 31.0 Å². The summed E-state index contributed by atoms with van der Waals surface area (Å²) >= 11 is 5.90. The highest BCUT2D eigenvalue weighted by atomic mass is 35.5. The molecule has 0 aliphatic carbocycles. The van der Waals surface area contributed by atoms with Crippen molar-refractivity contribution in [1.29, 1.82) is 0 Å². The van der Waals surface area contributed by atoms with Gasteiger partial charge in [0.25, 0.3) is 0 Å². The standard InChI is InChI=1S/C20H27ClN2O3/c1-2-19(24)22-11-16-17-12-23(13-20(17)8-7-18(16)26-20)9-10-25-15-5-3-14(21)4-6-15/h3-6,16-18H,2,7-13H2,1H3,(H,22,24)/t16-,17+,18+,20+/m0/s1. The molecule has 0 saturated carbocycles. The van der Waals surface area contributed by atoms with Crippen LogP contribution in [0.1, 0.15) is 26.2 Å². The minimum Gasteiger partial charge on any atom is -0.492 e. The minimum absolute atomic E-state index is 0.00650. The van der Waals surface area contributed by atoms with Crippen molar-refractivity contribution < 1.29 is 14.3 Å². The molecule has 1 aromatic carbocycles. The largest absolute Gasteiger partial charge is 0.492 e. The average molecular weight is 379 g/mol. The zero-order valence-electron chi connectivity index (χ0n) is 15.2. The van der Waals surface area contributed by atoms with Crippen molar-refractivity contribution in [2.75, 3.05) is 32.8 Å². The van der Waals surface area contributed by atoms with Crippen LogP contribution in [0.4, 0.5) is 0 Å². The third kappa shape index (κ3) is 3.45. The molecule has 1 spiro atoms. The van der Waals surface area contributed by atoms with Gasteiger partial charge in [0, 0.05) is 49.5 Å². The second-order valence-corrected chi connectivity index (χ2v) is 8.16. The van der Waals surface area contributed by atoms with Crippen LogP contribution in [-0.2, 0) is 9.53 Å². The maximum atomic E-state index is 11.6. The molecule has 6 heteroatoms. The van der Waals surface area contributed by atoms with Gasteiger partial charge in [0.15, 0.2) is 0 Å². The molecule has 3 saturated heterocycles. The quantitative estimate of drug-likeness (QED) is 0.792. The molecule has 3 fully saturated rings. The lowest BCUT2D eigenvalue weighted by Gasteiger charge is -2.29. The fourth-order valence-electron chi connectivity index (χ4n) is 4.91. The third-order valence-corrected chi connectivity index (χ3v) is 6.45. The third-order valence-electron chi connectivity index (χ3n) is 6.20. The van der Waals surface area contributed by atoms with Crippen LogP contribution < -0.4 is 10.1 Å². The van der Waals surface area contributed by atoms with E-state index >= 15 is 0 Å². The second kappa shape index (κ2) is 7.37. The van der Waals surface area contributed by atoms with Gasteiger partial charge in [-0.2, -0.15) is 0 Å². The van der Waals surface area contributed by atoms with Crippen LogP contribution in [0.5, 0.6) is 5.75 Å². The Labute approximate surface area is 160 Å². The first kappa shape index (κ1) is 18.1. The minimum atomic E-state index is 0.00650. The number of benzene rings is 1. The summed E-state index contributed by atoms with van der Waals surface area (Å²) in [5, 5.41) is 3.80. The maximum absolute atomic E-state index is 11.6. The van der Waals surface area contributed by atoms with Crippen LogP contribution in [-0.4, -0.2) is 55.3 Å². The summed E-state index contributed by atoms with van der Waals surface area (Å²) in [6, 6.07) is 7.49. The van der Waals surface area contributed by atoms with Gasteiger partial charge in [0.2, 0.25) is 5.91 Å². The zero-order chi connectivity index (χ0) is 18.1. The summed E-state index contributed by atoms with van der Waals surface area (Å²) in [6.07, 6.45) is 3.14. The molecule has 3 aliphatic rings. The molecule has 142 valence electrons. The van der Waals surface area contributed by atoms with E-state index in [-0.39, 0.29) is 11.5 Å². The predicted molar refractivity (Wildman–Crippen MR) is 101 cm³/mol. The van der Waals surface area contributed by atoms with E-state index in [0.717, 1.165) is 49.8 Å². The highest BCUT2D eigenvalue weighted by molar-refractivity contribution is 6.30. The number of ether oxygens (including phenoxy) is 2. The number of carbonyl (C=O) groups excluding carboxylic acids is 1. The average Bonchev–Trinajstić information content (AvgIpc) is 3.29. The van der Waals surface area contributed by atoms with E-state index in [4.69, 9.17) is 21.1 Å². The van der Waals surface area contributed by atoms with Gasteiger partial charge in [-0.1, -0.05) is 18.5 Å². The van der Waals surface area contributed by atoms with Crippen LogP contribution >= 0.6 is 11.6 Å². The predicted octanol–water partition coefficient (Wildman–Crippen LogP) is 2.72. The van der Waals surface area contributed by atoms with Crippen LogP contribution in [0.15, 0.2) is 24.3 Å². The maximum Gasteiger partial charge on any atom is 0.219 e. The fraction of sp³-hybridized carbons (Fsp3) is 0.650. The number of fused-ring (bicyclic) bond motifs is 1. The van der Waals surface area contributed by atoms with Crippen molar-refractivity contribution in [3.63, 3.8) is 0 Å². The lowest BCUT2D eigenvalue weighted by atomic mass is 9.73. The Balaban J connectivity index is 1.30. The van der Waals surface area contributed by atoms with E-state index in [9.17, 15) is 4.79 Å². The Morgan fingerprint density at radius 1 is 1.42 bits per heavy atom. The highest BCUT2D eigenvalue weighted by Gasteiger charge is 2.62. The van der Waals surface area contributed by atoms with Crippen molar-refractivity contribution in [1.82, 2.24) is 10.2 Å². The van der Waals surface area contributed by atoms with Crippen LogP contribution in [0.3, 0.4) is 0 Å². The van der Waals surface area contributed by atoms with E-state index in [1.807, 2.05) is 31.2 Å². The molecular formula is C20H27ClN2O3. The van der Waals surface area contributed by atoms with Crippen molar-refractivity contribution in [3.05, 3.63) is 29.3 Å². The number of amides is 1. The van der Waals surface area contributed by atoms with Crippen molar-refractivity contribution in [2.45, 2.75) is 37.9 Å². The fourth-order valence-corrected chi connectivity index (χ4v) is 5.04. The van der Waals surface area contributed by atoms with Gasteiger partial charge in [-0.15, -0.1) is 0 Å². The Bertz CT molecular complexity index is 653. The number of likely N-dealkylation sites (tertiary alicyclic amines) is 1. The Morgan fingerprint density at radius 3 is 3.00 bits per heavy atom. The van der Waals surface area contributed by atoms with Gasteiger partial charge < -0.3 is 14.8 Å². The summed E-state index contributed by atoms with van der Waals surface area (Å²) in [7, 11) is 0. The van der Waals surface area contributed by atoms with Gasteiger partial charge in [-0.25, -0.2) is 0 Å². The Kier molecular flexibility index (Phi) is 5.13. The second-order valence-electron chi connectivity index (χ2n) is 7.73. The van der Waals surface area contributed by atoms with Crippen molar-refractivity contribution in [3.8, 4) is 5.75 Å². The number of nitrogens with zero attached hydrogens (tertiary/aromatic N) is 1. The van der Waals surface area contributed by atoms with Crippen LogP contribution in [0, 0.1) is 11.8 Å². The molecule has 1 aromatic rings. The first-order valence-electron chi connectivity index (χ1n) is 9.65. The molecule has 5 nitrogen and oxygen atoms in total. The van der Waals surface area contributed by atoms with E-state index in [1.165, 1.54) is 0 Å². The monoisotopic (exact) mass is 378 g/mol. The lowest BCUT2D eigenvalue weighted by molar-refractivity contribution is -0.121. The number of halogens is 1. The summed E-state index contributed by atoms with van der Waals surface area (Å²) in [5.41, 5.74) is 0.00650. The number of nitrogens with one attached hydrogen (secondary N) is 1. The van der Waals surface area contributed by atoms with Crippen molar-refractivity contribution >= 4 is 17.5 Å². The summed E-state index contributed by atoms with van der Waals surface area (Å²) in [5.74, 6) is 1.95. The highest BCUT2D eigenvalue weighted by Crippen LogP contribution is 2.54. The van der Waals surface area contributed by atoms with E-state index < -0.39 is 0 Å². The molecule has 1 amide bonds. The molecule has 2 bridgehead atoms. The molecule has 0 aromatic heterocycles. The van der Waals surface area contributed by atoms with Crippen LogP contribution in [0.25, 0.3) is 0 Å². The van der Waals surface area contributed by atoms with Gasteiger partial charge in [-0.05, 0) is 37.1 Å². The first-order chi connectivity index (χ1) is 12.6. The molecule has 0 unspecified atom stereocenters. The lowest BCUT2D eigenvalue weighted by Crippen LogP contribution is -2.41. The van der Waals surface area contributed by atoms with Gasteiger partial charge in [0.1, 0.15) is 12.4 Å². The normalized spacial score (nSPS) is 32.6. The number of hydrogen-bond donors (Lipinski definition) is 1. The van der Waals surface area contributed by atoms with Gasteiger partial charge >= 0.3 is 0 Å². The molecule has 1 N–H and O–H groups in total. The molecule has 4 rings (SSSR count). The van der Waals surface area contributed by atoms with Crippen molar-refractivity contribution in [2.24, 2.45) is 11.8 Å². The molecular weight excluding hydrogens is 352 g/mol. The van der Waals surface area contributed by atoms with Gasteiger partial charge in [0.05, 0.1) is 11.7 Å². The SMILES string of the molecule is CCC(=O)NC[C@H]1[C@H]2CN(CCOc3ccc(Cl)cc3)C[C@]23CC[C@H]1O3. The first-order valence-corrected chi connectivity index (χ1v) is 10.0. The van der Waals surface area contributed by atoms with Crippen LogP contribution in [0.2, 0.25) is 5.02 Å². The Hall–Kier alpha value is -1.30. The Morgan fingerprint density at radius 2 is 2.23 bits per heavy atom. The van der Waals surface area contributed by atoms with Gasteiger partial charge in [-0.3, -0.25) is 9.69 Å². The van der Waals surface area contributed by atoms with E-state index in [2.05, 4.69) is 10.2 Å². The topological polar surface area (TPSA) is 50.8 Å². The number of hydrogen-bond acceptors (Lipinski definition) is 4. The number of rotatable bonds is 7. The zero-order valence-corrected chi connectivity index (χ0v) is 16.0. The molecule has 3 heterocycles. The number of carbonyl (C=O) groups is 1. The molecule has 4 atom stereocenters. The molecule has 3 aliphatic heterocycles. The summed E-state index contributed by atoms with van der Waals surface area (Å²) in [4.78, 5) is 14.1. The smallest absolute Gasteiger partial charge is 0.219 e.